The molecular weight excluding hydrogens is 298 g/mol. The lowest BCUT2D eigenvalue weighted by atomic mass is 9.96. The second-order valence-electron chi connectivity index (χ2n) is 6.53. The van der Waals surface area contributed by atoms with E-state index >= 15 is 0 Å². The molecule has 0 saturated heterocycles. The monoisotopic (exact) mass is 321 g/mol. The van der Waals surface area contributed by atoms with Crippen molar-refractivity contribution in [2.24, 2.45) is 0 Å². The van der Waals surface area contributed by atoms with Crippen molar-refractivity contribution >= 4 is 16.7 Å². The molecule has 0 fully saturated rings. The Morgan fingerprint density at radius 2 is 1.62 bits per heavy atom. The van der Waals surface area contributed by atoms with E-state index in [1.165, 1.54) is 0 Å². The van der Waals surface area contributed by atoms with E-state index in [1.54, 1.807) is 0 Å². The van der Waals surface area contributed by atoms with Crippen LogP contribution in [-0.2, 0) is 0 Å². The maximum atomic E-state index is 13.2. The van der Waals surface area contributed by atoms with Gasteiger partial charge in [0.2, 0.25) is 0 Å². The smallest absolute Gasteiger partial charge is 0.195 e. The largest absolute Gasteiger partial charge is 0.394 e. The number of fused-ring (bicyclic) bond motifs is 1. The topological polar surface area (TPSA) is 42.2 Å². The van der Waals surface area contributed by atoms with Gasteiger partial charge in [-0.3, -0.25) is 4.79 Å². The Balaban J connectivity index is 2.35. The zero-order valence-corrected chi connectivity index (χ0v) is 14.4. The van der Waals surface area contributed by atoms with Crippen LogP contribution in [0.5, 0.6) is 0 Å². The second-order valence-corrected chi connectivity index (χ2v) is 6.53. The second kappa shape index (κ2) is 6.62. The summed E-state index contributed by atoms with van der Waals surface area (Å²) in [5.74, 6) is 0.216. The quantitative estimate of drug-likeness (QED) is 0.701. The van der Waals surface area contributed by atoms with Gasteiger partial charge >= 0.3 is 0 Å². The van der Waals surface area contributed by atoms with Crippen molar-refractivity contribution in [2.45, 2.75) is 32.7 Å². The molecule has 0 aliphatic carbocycles. The van der Waals surface area contributed by atoms with Gasteiger partial charge in [-0.15, -0.1) is 0 Å². The highest BCUT2D eigenvalue weighted by molar-refractivity contribution is 6.17. The standard InChI is InChI=1S/C21H23NO2/c1-14(2)20-19(21(24)16-9-5-4-6-10-16)17-11-7-8-12-18(17)22(20)15(3)13-23/h4-12,14-15,23H,13H2,1-3H3. The summed E-state index contributed by atoms with van der Waals surface area (Å²) in [5, 5.41) is 10.7. The molecule has 3 rings (SSSR count). The number of nitrogens with zero attached hydrogens (tertiary/aromatic N) is 1. The lowest BCUT2D eigenvalue weighted by Gasteiger charge is -2.19. The van der Waals surface area contributed by atoms with E-state index in [2.05, 4.69) is 18.4 Å². The Kier molecular flexibility index (Phi) is 4.54. The summed E-state index contributed by atoms with van der Waals surface area (Å²) in [6, 6.07) is 17.3. The fraction of sp³-hybridized carbons (Fsp3) is 0.286. The minimum Gasteiger partial charge on any atom is -0.394 e. The van der Waals surface area contributed by atoms with E-state index in [0.717, 1.165) is 22.2 Å². The van der Waals surface area contributed by atoms with E-state index in [0.29, 0.717) is 5.56 Å². The van der Waals surface area contributed by atoms with Gasteiger partial charge in [0.15, 0.2) is 5.78 Å². The maximum absolute atomic E-state index is 13.2. The third kappa shape index (κ3) is 2.65. The summed E-state index contributed by atoms with van der Waals surface area (Å²) < 4.78 is 2.12. The first kappa shape index (κ1) is 16.5. The van der Waals surface area contributed by atoms with Crippen LogP contribution in [0.2, 0.25) is 0 Å². The number of hydrogen-bond donors (Lipinski definition) is 1. The Morgan fingerprint density at radius 1 is 1.00 bits per heavy atom. The average molecular weight is 321 g/mol. The zero-order valence-electron chi connectivity index (χ0n) is 14.4. The molecule has 3 heteroatoms. The molecule has 0 saturated carbocycles. The molecule has 0 bridgehead atoms. The third-order valence-electron chi connectivity index (χ3n) is 4.46. The van der Waals surface area contributed by atoms with Gasteiger partial charge in [0.25, 0.3) is 0 Å². The number of aromatic nitrogens is 1. The molecule has 1 heterocycles. The number of aliphatic hydroxyl groups excluding tert-OH is 1. The first-order valence-electron chi connectivity index (χ1n) is 8.39. The normalized spacial score (nSPS) is 12.7. The van der Waals surface area contributed by atoms with Gasteiger partial charge in [0.05, 0.1) is 18.2 Å². The Morgan fingerprint density at radius 3 is 2.25 bits per heavy atom. The predicted octanol–water partition coefficient (Wildman–Crippen LogP) is 4.55. The summed E-state index contributed by atoms with van der Waals surface area (Å²) in [4.78, 5) is 13.2. The number of carbonyl (C=O) groups excluding carboxylic acids is 1. The number of aliphatic hydroxyl groups is 1. The molecule has 0 amide bonds. The van der Waals surface area contributed by atoms with E-state index in [4.69, 9.17) is 0 Å². The van der Waals surface area contributed by atoms with E-state index < -0.39 is 0 Å². The number of hydrogen-bond acceptors (Lipinski definition) is 2. The SMILES string of the molecule is CC(C)c1c(C(=O)c2ccccc2)c2ccccc2n1C(C)CO. The van der Waals surface area contributed by atoms with Crippen molar-refractivity contribution in [3.63, 3.8) is 0 Å². The molecule has 1 unspecified atom stereocenters. The molecule has 2 aromatic carbocycles. The van der Waals surface area contributed by atoms with Crippen molar-refractivity contribution < 1.29 is 9.90 Å². The zero-order chi connectivity index (χ0) is 17.3. The highest BCUT2D eigenvalue weighted by atomic mass is 16.3. The first-order chi connectivity index (χ1) is 11.6. The van der Waals surface area contributed by atoms with Crippen LogP contribution in [-0.4, -0.2) is 22.1 Å². The van der Waals surface area contributed by atoms with Crippen LogP contribution in [0.25, 0.3) is 10.9 Å². The number of ketones is 1. The number of benzene rings is 2. The molecule has 24 heavy (non-hydrogen) atoms. The highest BCUT2D eigenvalue weighted by Gasteiger charge is 2.26. The van der Waals surface area contributed by atoms with Crippen LogP contribution in [0.4, 0.5) is 0 Å². The van der Waals surface area contributed by atoms with Crippen molar-refractivity contribution in [2.75, 3.05) is 6.61 Å². The summed E-state index contributed by atoms with van der Waals surface area (Å²) in [7, 11) is 0. The number of rotatable bonds is 5. The Hall–Kier alpha value is -2.39. The first-order valence-corrected chi connectivity index (χ1v) is 8.39. The minimum absolute atomic E-state index is 0.0390. The van der Waals surface area contributed by atoms with Crippen molar-refractivity contribution in [1.82, 2.24) is 4.57 Å². The highest BCUT2D eigenvalue weighted by Crippen LogP contribution is 2.35. The van der Waals surface area contributed by atoms with Crippen LogP contribution < -0.4 is 0 Å². The summed E-state index contributed by atoms with van der Waals surface area (Å²) in [6.07, 6.45) is 0. The molecule has 1 N–H and O–H groups in total. The summed E-state index contributed by atoms with van der Waals surface area (Å²) in [6.45, 7) is 6.21. The molecule has 0 aliphatic rings. The van der Waals surface area contributed by atoms with E-state index in [1.807, 2.05) is 61.5 Å². The minimum atomic E-state index is -0.0791. The van der Waals surface area contributed by atoms with Gasteiger partial charge < -0.3 is 9.67 Å². The molecule has 3 nitrogen and oxygen atoms in total. The average Bonchev–Trinajstić information content (AvgIpc) is 2.96. The van der Waals surface area contributed by atoms with Gasteiger partial charge in [-0.1, -0.05) is 62.4 Å². The molecule has 1 aromatic heterocycles. The van der Waals surface area contributed by atoms with Gasteiger partial charge in [0, 0.05) is 22.2 Å². The van der Waals surface area contributed by atoms with E-state index in [-0.39, 0.29) is 24.3 Å². The van der Waals surface area contributed by atoms with Crippen LogP contribution >= 0.6 is 0 Å². The van der Waals surface area contributed by atoms with E-state index in [9.17, 15) is 9.90 Å². The van der Waals surface area contributed by atoms with Crippen LogP contribution in [0.3, 0.4) is 0 Å². The number of para-hydroxylation sites is 1. The summed E-state index contributed by atoms with van der Waals surface area (Å²) in [5.41, 5.74) is 3.44. The molecule has 0 spiro atoms. The lowest BCUT2D eigenvalue weighted by molar-refractivity contribution is 0.103. The summed E-state index contributed by atoms with van der Waals surface area (Å²) >= 11 is 0. The van der Waals surface area contributed by atoms with Crippen molar-refractivity contribution in [1.29, 1.82) is 0 Å². The Labute approximate surface area is 142 Å². The van der Waals surface area contributed by atoms with Gasteiger partial charge in [-0.2, -0.15) is 0 Å². The number of carbonyl (C=O) groups is 1. The maximum Gasteiger partial charge on any atom is 0.195 e. The molecular formula is C21H23NO2. The van der Waals surface area contributed by atoms with Crippen LogP contribution in [0, 0.1) is 0 Å². The van der Waals surface area contributed by atoms with Gasteiger partial charge in [-0.05, 0) is 18.9 Å². The van der Waals surface area contributed by atoms with Gasteiger partial charge in [0.1, 0.15) is 0 Å². The van der Waals surface area contributed by atoms with Crippen LogP contribution in [0.1, 0.15) is 54.3 Å². The molecule has 3 aromatic rings. The fourth-order valence-electron chi connectivity index (χ4n) is 3.38. The molecule has 0 radical (unpaired) electrons. The fourth-order valence-corrected chi connectivity index (χ4v) is 3.38. The molecule has 0 aliphatic heterocycles. The molecule has 124 valence electrons. The molecule has 1 atom stereocenters. The van der Waals surface area contributed by atoms with Crippen LogP contribution in [0.15, 0.2) is 54.6 Å². The Bertz CT molecular complexity index is 862. The third-order valence-corrected chi connectivity index (χ3v) is 4.46. The van der Waals surface area contributed by atoms with Crippen molar-refractivity contribution in [3.8, 4) is 0 Å². The predicted molar refractivity (Wildman–Crippen MR) is 97.7 cm³/mol. The lowest BCUT2D eigenvalue weighted by Crippen LogP contribution is -2.15. The van der Waals surface area contributed by atoms with Crippen molar-refractivity contribution in [3.05, 3.63) is 71.4 Å². The van der Waals surface area contributed by atoms with Gasteiger partial charge in [-0.25, -0.2) is 0 Å².